The topological polar surface area (TPSA) is 32.8 Å². The van der Waals surface area contributed by atoms with Crippen molar-refractivity contribution in [3.05, 3.63) is 35.4 Å². The molecular formula is C25H36N2O2. The Kier molecular flexibility index (Phi) is 5.92. The zero-order valence-electron chi connectivity index (χ0n) is 17.7. The second-order valence-electron chi connectivity index (χ2n) is 9.89. The van der Waals surface area contributed by atoms with Crippen LogP contribution in [0.5, 0.6) is 0 Å². The molecule has 4 aliphatic rings. The van der Waals surface area contributed by atoms with Gasteiger partial charge in [0.1, 0.15) is 0 Å². The molecule has 3 fully saturated rings. The summed E-state index contributed by atoms with van der Waals surface area (Å²) in [6, 6.07) is 9.64. The van der Waals surface area contributed by atoms with Crippen LogP contribution in [-0.4, -0.2) is 60.6 Å². The van der Waals surface area contributed by atoms with E-state index in [0.29, 0.717) is 23.8 Å². The van der Waals surface area contributed by atoms with E-state index in [9.17, 15) is 4.79 Å². The molecule has 1 amide bonds. The highest BCUT2D eigenvalue weighted by Gasteiger charge is 2.33. The fraction of sp³-hybridized carbons (Fsp3) is 0.720. The van der Waals surface area contributed by atoms with E-state index in [-0.39, 0.29) is 6.10 Å². The standard InChI is InChI=1S/C25H36N2O2/c28-25(14-19-7-8-19)27(18-24-6-3-13-29-24)17-20-9-11-26(12-10-20)23-15-21-4-1-2-5-22(21)16-23/h1-2,4-5,19-20,23-24H,3,6-18H2/t24-/m0/s1. The van der Waals surface area contributed by atoms with Gasteiger partial charge in [0.05, 0.1) is 6.10 Å². The molecule has 4 nitrogen and oxygen atoms in total. The van der Waals surface area contributed by atoms with Crippen LogP contribution in [0.25, 0.3) is 0 Å². The van der Waals surface area contributed by atoms with Crippen LogP contribution in [0.4, 0.5) is 0 Å². The molecule has 2 heterocycles. The van der Waals surface area contributed by atoms with Crippen LogP contribution < -0.4 is 0 Å². The van der Waals surface area contributed by atoms with Crippen LogP contribution in [0.3, 0.4) is 0 Å². The minimum Gasteiger partial charge on any atom is -0.376 e. The number of hydrogen-bond acceptors (Lipinski definition) is 3. The van der Waals surface area contributed by atoms with E-state index in [1.165, 1.54) is 51.6 Å². The predicted octanol–water partition coefficient (Wildman–Crippen LogP) is 3.67. The van der Waals surface area contributed by atoms with Crippen LogP contribution in [0, 0.1) is 11.8 Å². The third kappa shape index (κ3) is 4.86. The van der Waals surface area contributed by atoms with Gasteiger partial charge in [0.2, 0.25) is 5.91 Å². The molecule has 1 saturated carbocycles. The van der Waals surface area contributed by atoms with Gasteiger partial charge < -0.3 is 9.64 Å². The molecule has 0 spiro atoms. The number of hydrogen-bond donors (Lipinski definition) is 0. The van der Waals surface area contributed by atoms with E-state index in [1.807, 2.05) is 0 Å². The van der Waals surface area contributed by atoms with Gasteiger partial charge in [-0.15, -0.1) is 0 Å². The molecule has 0 N–H and O–H groups in total. The minimum absolute atomic E-state index is 0.273. The van der Waals surface area contributed by atoms with Crippen LogP contribution in [0.2, 0.25) is 0 Å². The lowest BCUT2D eigenvalue weighted by atomic mass is 9.94. The lowest BCUT2D eigenvalue weighted by Gasteiger charge is -2.38. The van der Waals surface area contributed by atoms with Gasteiger partial charge in [0.15, 0.2) is 0 Å². The Morgan fingerprint density at radius 3 is 2.31 bits per heavy atom. The molecule has 0 bridgehead atoms. The van der Waals surface area contributed by atoms with Gasteiger partial charge in [-0.25, -0.2) is 0 Å². The molecule has 1 atom stereocenters. The smallest absolute Gasteiger partial charge is 0.222 e. The molecule has 1 aromatic carbocycles. The maximum Gasteiger partial charge on any atom is 0.222 e. The first-order chi connectivity index (χ1) is 14.2. The van der Waals surface area contributed by atoms with Gasteiger partial charge >= 0.3 is 0 Å². The lowest BCUT2D eigenvalue weighted by Crippen LogP contribution is -2.46. The lowest BCUT2D eigenvalue weighted by molar-refractivity contribution is -0.134. The Morgan fingerprint density at radius 2 is 1.69 bits per heavy atom. The molecule has 29 heavy (non-hydrogen) atoms. The second kappa shape index (κ2) is 8.77. The first-order valence-electron chi connectivity index (χ1n) is 11.9. The number of benzene rings is 1. The number of carbonyl (C=O) groups excluding carboxylic acids is 1. The normalized spacial score (nSPS) is 26.0. The molecule has 0 unspecified atom stereocenters. The van der Waals surface area contributed by atoms with E-state index in [4.69, 9.17) is 4.74 Å². The quantitative estimate of drug-likeness (QED) is 0.705. The highest BCUT2D eigenvalue weighted by atomic mass is 16.5. The number of nitrogens with zero attached hydrogens (tertiary/aromatic N) is 2. The zero-order chi connectivity index (χ0) is 19.6. The molecule has 1 aromatic rings. The van der Waals surface area contributed by atoms with E-state index < -0.39 is 0 Å². The summed E-state index contributed by atoms with van der Waals surface area (Å²) in [5.74, 6) is 1.71. The molecule has 2 aliphatic carbocycles. The predicted molar refractivity (Wildman–Crippen MR) is 115 cm³/mol. The first kappa shape index (κ1) is 19.6. The molecule has 0 radical (unpaired) electrons. The van der Waals surface area contributed by atoms with Crippen molar-refractivity contribution in [1.29, 1.82) is 0 Å². The van der Waals surface area contributed by atoms with Crippen LogP contribution in [-0.2, 0) is 22.4 Å². The van der Waals surface area contributed by atoms with Crippen molar-refractivity contribution in [2.45, 2.75) is 69.9 Å². The van der Waals surface area contributed by atoms with E-state index in [2.05, 4.69) is 34.1 Å². The van der Waals surface area contributed by atoms with Gasteiger partial charge in [0.25, 0.3) is 0 Å². The molecular weight excluding hydrogens is 360 g/mol. The van der Waals surface area contributed by atoms with Gasteiger partial charge in [-0.1, -0.05) is 24.3 Å². The molecule has 158 valence electrons. The summed E-state index contributed by atoms with van der Waals surface area (Å²) in [4.78, 5) is 17.8. The van der Waals surface area contributed by atoms with Crippen molar-refractivity contribution in [3.63, 3.8) is 0 Å². The minimum atomic E-state index is 0.273. The summed E-state index contributed by atoms with van der Waals surface area (Å²) in [5.41, 5.74) is 3.10. The number of amides is 1. The molecule has 4 heteroatoms. The Balaban J connectivity index is 1.13. The molecule has 2 aliphatic heterocycles. The van der Waals surface area contributed by atoms with Crippen molar-refractivity contribution >= 4 is 5.91 Å². The summed E-state index contributed by atoms with van der Waals surface area (Å²) >= 11 is 0. The monoisotopic (exact) mass is 396 g/mol. The Morgan fingerprint density at radius 1 is 0.966 bits per heavy atom. The zero-order valence-corrected chi connectivity index (χ0v) is 17.7. The van der Waals surface area contributed by atoms with E-state index in [1.54, 1.807) is 11.1 Å². The average molecular weight is 397 g/mol. The van der Waals surface area contributed by atoms with Gasteiger partial charge in [-0.3, -0.25) is 9.69 Å². The number of fused-ring (bicyclic) bond motifs is 1. The second-order valence-corrected chi connectivity index (χ2v) is 9.89. The van der Waals surface area contributed by atoms with Crippen molar-refractivity contribution in [1.82, 2.24) is 9.80 Å². The summed E-state index contributed by atoms with van der Waals surface area (Å²) in [5, 5.41) is 0. The molecule has 5 rings (SSSR count). The van der Waals surface area contributed by atoms with E-state index >= 15 is 0 Å². The summed E-state index contributed by atoms with van der Waals surface area (Å²) in [6.07, 6.45) is 10.7. The highest BCUT2D eigenvalue weighted by molar-refractivity contribution is 5.76. The summed E-state index contributed by atoms with van der Waals surface area (Å²) < 4.78 is 5.86. The number of ether oxygens (including phenoxy) is 1. The number of piperidine rings is 1. The van der Waals surface area contributed by atoms with Crippen molar-refractivity contribution in [2.75, 3.05) is 32.8 Å². The van der Waals surface area contributed by atoms with Crippen LogP contribution >= 0.6 is 0 Å². The number of likely N-dealkylation sites (tertiary alicyclic amines) is 1. The Labute approximate surface area is 175 Å². The van der Waals surface area contributed by atoms with Crippen molar-refractivity contribution < 1.29 is 9.53 Å². The molecule has 2 saturated heterocycles. The maximum atomic E-state index is 12.9. The summed E-state index contributed by atoms with van der Waals surface area (Å²) in [7, 11) is 0. The fourth-order valence-corrected chi connectivity index (χ4v) is 5.62. The van der Waals surface area contributed by atoms with Gasteiger partial charge in [-0.05, 0) is 87.4 Å². The van der Waals surface area contributed by atoms with Crippen molar-refractivity contribution in [3.8, 4) is 0 Å². The van der Waals surface area contributed by atoms with Gasteiger partial charge in [-0.2, -0.15) is 0 Å². The summed E-state index contributed by atoms with van der Waals surface area (Å²) in [6.45, 7) is 5.02. The van der Waals surface area contributed by atoms with Crippen LogP contribution in [0.15, 0.2) is 24.3 Å². The van der Waals surface area contributed by atoms with Gasteiger partial charge in [0, 0.05) is 32.2 Å². The third-order valence-electron chi connectivity index (χ3n) is 7.63. The Bertz CT molecular complexity index is 678. The highest BCUT2D eigenvalue weighted by Crippen LogP contribution is 2.34. The number of carbonyl (C=O) groups is 1. The van der Waals surface area contributed by atoms with Crippen LogP contribution in [0.1, 0.15) is 56.1 Å². The van der Waals surface area contributed by atoms with E-state index in [0.717, 1.165) is 39.0 Å². The average Bonchev–Trinajstić information content (AvgIpc) is 3.23. The third-order valence-corrected chi connectivity index (χ3v) is 7.63. The maximum absolute atomic E-state index is 12.9. The largest absolute Gasteiger partial charge is 0.376 e. The van der Waals surface area contributed by atoms with Crippen molar-refractivity contribution in [2.24, 2.45) is 11.8 Å². The molecule has 0 aromatic heterocycles. The fourth-order valence-electron chi connectivity index (χ4n) is 5.62. The first-order valence-corrected chi connectivity index (χ1v) is 11.9. The Hall–Kier alpha value is -1.39. The number of rotatable bonds is 7. The SMILES string of the molecule is O=C(CC1CC1)N(CC1CCN(C2Cc3ccccc3C2)CC1)C[C@@H]1CCCO1.